The van der Waals surface area contributed by atoms with Crippen LogP contribution in [0.4, 0.5) is 0 Å². The van der Waals surface area contributed by atoms with Crippen molar-refractivity contribution in [1.29, 1.82) is 0 Å². The highest BCUT2D eigenvalue weighted by molar-refractivity contribution is 7.99. The van der Waals surface area contributed by atoms with Crippen molar-refractivity contribution in [1.82, 2.24) is 10.2 Å². The minimum atomic E-state index is -0.494. The molecule has 0 saturated carbocycles. The van der Waals surface area contributed by atoms with Crippen molar-refractivity contribution in [3.05, 3.63) is 70.8 Å². The van der Waals surface area contributed by atoms with Gasteiger partial charge in [0, 0.05) is 17.8 Å². The van der Waals surface area contributed by atoms with Crippen LogP contribution in [0.3, 0.4) is 0 Å². The zero-order valence-corrected chi connectivity index (χ0v) is 20.5. The van der Waals surface area contributed by atoms with Crippen molar-refractivity contribution < 1.29 is 9.59 Å². The molecular formula is C26H36N2O2S. The molecule has 0 heterocycles. The predicted octanol–water partition coefficient (Wildman–Crippen LogP) is 5.26. The molecule has 0 aliphatic rings. The van der Waals surface area contributed by atoms with E-state index in [1.54, 1.807) is 16.7 Å². The zero-order valence-electron chi connectivity index (χ0n) is 19.7. The van der Waals surface area contributed by atoms with Crippen molar-refractivity contribution in [3.63, 3.8) is 0 Å². The molecule has 0 fully saturated rings. The molecule has 0 aromatic heterocycles. The van der Waals surface area contributed by atoms with E-state index in [4.69, 9.17) is 0 Å². The number of benzene rings is 2. The van der Waals surface area contributed by atoms with Crippen LogP contribution in [0.1, 0.15) is 56.4 Å². The Morgan fingerprint density at radius 3 is 2.39 bits per heavy atom. The highest BCUT2D eigenvalue weighted by atomic mass is 32.2. The van der Waals surface area contributed by atoms with Crippen molar-refractivity contribution in [3.8, 4) is 0 Å². The molecule has 0 bridgehead atoms. The van der Waals surface area contributed by atoms with Gasteiger partial charge in [-0.15, -0.1) is 11.8 Å². The number of nitrogens with zero attached hydrogens (tertiary/aromatic N) is 1. The topological polar surface area (TPSA) is 49.4 Å². The van der Waals surface area contributed by atoms with E-state index in [1.165, 1.54) is 11.1 Å². The predicted molar refractivity (Wildman–Crippen MR) is 131 cm³/mol. The van der Waals surface area contributed by atoms with E-state index in [0.29, 0.717) is 18.7 Å². The Hall–Kier alpha value is -2.27. The Morgan fingerprint density at radius 2 is 1.77 bits per heavy atom. The molecule has 0 radical (unpaired) electrons. The number of thioether (sulfide) groups is 1. The van der Waals surface area contributed by atoms with Gasteiger partial charge in [0.05, 0.1) is 5.75 Å². The molecule has 0 aliphatic heterocycles. The van der Waals surface area contributed by atoms with Crippen molar-refractivity contribution in [2.75, 3.05) is 5.75 Å². The van der Waals surface area contributed by atoms with E-state index in [9.17, 15) is 9.59 Å². The van der Waals surface area contributed by atoms with E-state index < -0.39 is 6.04 Å². The highest BCUT2D eigenvalue weighted by Gasteiger charge is 2.30. The fraction of sp³-hybridized carbons (Fsp3) is 0.462. The van der Waals surface area contributed by atoms with E-state index in [1.807, 2.05) is 65.0 Å². The first-order chi connectivity index (χ1) is 14.6. The first-order valence-electron chi connectivity index (χ1n) is 10.9. The number of rotatable bonds is 9. The summed E-state index contributed by atoms with van der Waals surface area (Å²) in [6.45, 7) is 12.4. The van der Waals surface area contributed by atoms with Crippen molar-refractivity contribution >= 4 is 23.6 Å². The average Bonchev–Trinajstić information content (AvgIpc) is 2.68. The number of hydrogen-bond donors (Lipinski definition) is 1. The van der Waals surface area contributed by atoms with Gasteiger partial charge in [0.2, 0.25) is 11.8 Å². The van der Waals surface area contributed by atoms with Gasteiger partial charge in [-0.05, 0) is 57.7 Å². The lowest BCUT2D eigenvalue weighted by atomic mass is 10.1. The number of carbonyl (C=O) groups is 2. The maximum atomic E-state index is 13.3. The van der Waals surface area contributed by atoms with E-state index in [-0.39, 0.29) is 17.4 Å². The second-order valence-electron chi connectivity index (χ2n) is 9.09. The largest absolute Gasteiger partial charge is 0.350 e. The van der Waals surface area contributed by atoms with Crippen LogP contribution in [-0.2, 0) is 21.9 Å². The highest BCUT2D eigenvalue weighted by Crippen LogP contribution is 2.19. The SMILES string of the molecule is CCC(C(=O)NC(C)(C)C)N(Cc1cccc(C)c1)C(=O)CSCc1ccccc1C. The quantitative estimate of drug-likeness (QED) is 0.579. The van der Waals surface area contributed by atoms with Crippen LogP contribution in [0.2, 0.25) is 0 Å². The van der Waals surface area contributed by atoms with Crippen LogP contribution >= 0.6 is 11.8 Å². The van der Waals surface area contributed by atoms with Crippen LogP contribution in [0, 0.1) is 13.8 Å². The van der Waals surface area contributed by atoms with Gasteiger partial charge in [-0.25, -0.2) is 0 Å². The van der Waals surface area contributed by atoms with Crippen LogP contribution in [0.25, 0.3) is 0 Å². The molecule has 1 atom stereocenters. The zero-order chi connectivity index (χ0) is 23.0. The number of hydrogen-bond acceptors (Lipinski definition) is 3. The van der Waals surface area contributed by atoms with Crippen LogP contribution in [0.5, 0.6) is 0 Å². The monoisotopic (exact) mass is 440 g/mol. The van der Waals surface area contributed by atoms with E-state index in [0.717, 1.165) is 16.9 Å². The first-order valence-corrected chi connectivity index (χ1v) is 12.1. The summed E-state index contributed by atoms with van der Waals surface area (Å²) < 4.78 is 0. The van der Waals surface area contributed by atoms with Gasteiger partial charge < -0.3 is 10.2 Å². The molecule has 2 aromatic carbocycles. The third-order valence-corrected chi connectivity index (χ3v) is 6.03. The lowest BCUT2D eigenvalue weighted by Crippen LogP contribution is -2.53. The summed E-state index contributed by atoms with van der Waals surface area (Å²) in [6.07, 6.45) is 0.571. The third kappa shape index (κ3) is 8.06. The lowest BCUT2D eigenvalue weighted by Gasteiger charge is -2.33. The van der Waals surface area contributed by atoms with Gasteiger partial charge in [-0.3, -0.25) is 9.59 Å². The first kappa shape index (κ1) is 25.0. The fourth-order valence-corrected chi connectivity index (χ4v) is 4.47. The summed E-state index contributed by atoms with van der Waals surface area (Å²) in [5.41, 5.74) is 4.31. The molecule has 0 aliphatic carbocycles. The second-order valence-corrected chi connectivity index (χ2v) is 10.1. The Morgan fingerprint density at radius 1 is 1.06 bits per heavy atom. The van der Waals surface area contributed by atoms with E-state index in [2.05, 4.69) is 30.4 Å². The Labute approximate surface area is 191 Å². The number of nitrogens with one attached hydrogen (secondary N) is 1. The van der Waals surface area contributed by atoms with Gasteiger partial charge in [-0.2, -0.15) is 0 Å². The van der Waals surface area contributed by atoms with Crippen molar-refractivity contribution in [2.24, 2.45) is 0 Å². The molecule has 168 valence electrons. The maximum Gasteiger partial charge on any atom is 0.243 e. The van der Waals surface area contributed by atoms with E-state index >= 15 is 0 Å². The molecule has 2 rings (SSSR count). The Bertz CT molecular complexity index is 889. The summed E-state index contributed by atoms with van der Waals surface area (Å²) in [5, 5.41) is 3.05. The standard InChI is InChI=1S/C26H36N2O2S/c1-7-23(25(30)27-26(4,5)6)28(16-21-13-10-11-19(2)15-21)24(29)18-31-17-22-14-9-8-12-20(22)3/h8-15,23H,7,16-18H2,1-6H3,(H,27,30). The molecule has 2 aromatic rings. The maximum absolute atomic E-state index is 13.3. The molecular weight excluding hydrogens is 404 g/mol. The summed E-state index contributed by atoms with van der Waals surface area (Å²) in [7, 11) is 0. The molecule has 1 unspecified atom stereocenters. The third-order valence-electron chi connectivity index (χ3n) is 5.06. The molecule has 2 amide bonds. The minimum absolute atomic E-state index is 0.00370. The smallest absolute Gasteiger partial charge is 0.243 e. The second kappa shape index (κ2) is 11.4. The van der Waals surface area contributed by atoms with Gasteiger partial charge in [0.15, 0.2) is 0 Å². The van der Waals surface area contributed by atoms with Crippen LogP contribution in [-0.4, -0.2) is 34.0 Å². The Balaban J connectivity index is 2.17. The average molecular weight is 441 g/mol. The lowest BCUT2D eigenvalue weighted by molar-refractivity contribution is -0.140. The van der Waals surface area contributed by atoms with Gasteiger partial charge >= 0.3 is 0 Å². The fourth-order valence-electron chi connectivity index (χ4n) is 3.48. The molecule has 31 heavy (non-hydrogen) atoms. The van der Waals surface area contributed by atoms with Gasteiger partial charge in [-0.1, -0.05) is 61.0 Å². The summed E-state index contributed by atoms with van der Waals surface area (Å²) in [4.78, 5) is 28.1. The molecule has 4 nitrogen and oxygen atoms in total. The molecule has 5 heteroatoms. The van der Waals surface area contributed by atoms with Crippen LogP contribution < -0.4 is 5.32 Å². The van der Waals surface area contributed by atoms with Crippen LogP contribution in [0.15, 0.2) is 48.5 Å². The van der Waals surface area contributed by atoms with Gasteiger partial charge in [0.1, 0.15) is 6.04 Å². The number of aryl methyl sites for hydroxylation is 2. The summed E-state index contributed by atoms with van der Waals surface area (Å²) in [6, 6.07) is 15.9. The molecule has 0 saturated heterocycles. The molecule has 1 N–H and O–H groups in total. The normalized spacial score (nSPS) is 12.3. The summed E-state index contributed by atoms with van der Waals surface area (Å²) >= 11 is 1.60. The van der Waals surface area contributed by atoms with Crippen molar-refractivity contribution in [2.45, 2.75) is 71.8 Å². The number of carbonyl (C=O) groups excluding carboxylic acids is 2. The number of amides is 2. The Kier molecular flexibility index (Phi) is 9.17. The van der Waals surface area contributed by atoms with Gasteiger partial charge in [0.25, 0.3) is 0 Å². The minimum Gasteiger partial charge on any atom is -0.350 e. The molecule has 0 spiro atoms. The summed E-state index contributed by atoms with van der Waals surface area (Å²) in [5.74, 6) is 1.03.